The zero-order valence-electron chi connectivity index (χ0n) is 12.7. The average Bonchev–Trinajstić information content (AvgIpc) is 2.55. The van der Waals surface area contributed by atoms with Gasteiger partial charge in [0.25, 0.3) is 0 Å². The number of carbonyl (C=O) groups excluding carboxylic acids is 1. The molecule has 0 aliphatic heterocycles. The van der Waals surface area contributed by atoms with Crippen LogP contribution in [0.5, 0.6) is 5.75 Å². The van der Waals surface area contributed by atoms with Gasteiger partial charge in [-0.1, -0.05) is 35.3 Å². The van der Waals surface area contributed by atoms with Gasteiger partial charge >= 0.3 is 0 Å². The smallest absolute Gasteiger partial charge is 0.238 e. The van der Waals surface area contributed by atoms with Gasteiger partial charge in [-0.25, -0.2) is 0 Å². The van der Waals surface area contributed by atoms with Crippen molar-refractivity contribution in [1.82, 2.24) is 5.32 Å². The Balaban J connectivity index is 1.73. The van der Waals surface area contributed by atoms with E-state index in [4.69, 9.17) is 27.9 Å². The molecule has 0 saturated carbocycles. The van der Waals surface area contributed by atoms with Gasteiger partial charge in [-0.05, 0) is 48.9 Å². The van der Waals surface area contributed by atoms with E-state index in [1.165, 1.54) is 5.56 Å². The van der Waals surface area contributed by atoms with Crippen molar-refractivity contribution in [3.63, 3.8) is 0 Å². The molecular formula is C17H18Cl2N2O2. The van der Waals surface area contributed by atoms with E-state index in [9.17, 15) is 4.79 Å². The highest BCUT2D eigenvalue weighted by molar-refractivity contribution is 6.35. The first kappa shape index (κ1) is 17.6. The fraction of sp³-hybridized carbons (Fsp3) is 0.235. The van der Waals surface area contributed by atoms with E-state index in [1.54, 1.807) is 25.3 Å². The van der Waals surface area contributed by atoms with E-state index < -0.39 is 0 Å². The first-order valence-electron chi connectivity index (χ1n) is 7.17. The third kappa shape index (κ3) is 5.75. The minimum atomic E-state index is -0.163. The fourth-order valence-electron chi connectivity index (χ4n) is 2.01. The molecule has 0 bridgehead atoms. The molecule has 2 aromatic rings. The lowest BCUT2D eigenvalue weighted by Gasteiger charge is -2.09. The molecule has 4 nitrogen and oxygen atoms in total. The van der Waals surface area contributed by atoms with E-state index in [0.29, 0.717) is 22.3 Å². The third-order valence-electron chi connectivity index (χ3n) is 3.24. The molecule has 0 unspecified atom stereocenters. The standard InChI is InChI=1S/C17H18Cl2N2O2/c1-23-14-5-2-12(3-6-14)8-9-20-11-17(22)21-16-10-13(18)4-7-15(16)19/h2-7,10,20H,8-9,11H2,1H3,(H,21,22). The predicted octanol–water partition coefficient (Wildman–Crippen LogP) is 3.77. The third-order valence-corrected chi connectivity index (χ3v) is 3.80. The van der Waals surface area contributed by atoms with Crippen LogP contribution in [0.15, 0.2) is 42.5 Å². The molecule has 6 heteroatoms. The summed E-state index contributed by atoms with van der Waals surface area (Å²) in [7, 11) is 1.64. The summed E-state index contributed by atoms with van der Waals surface area (Å²) < 4.78 is 5.11. The molecule has 23 heavy (non-hydrogen) atoms. The summed E-state index contributed by atoms with van der Waals surface area (Å²) in [5.74, 6) is 0.670. The molecular weight excluding hydrogens is 335 g/mol. The number of halogens is 2. The minimum absolute atomic E-state index is 0.163. The molecule has 2 rings (SSSR count). The Labute approximate surface area is 145 Å². The van der Waals surface area contributed by atoms with Gasteiger partial charge in [0.2, 0.25) is 5.91 Å². The van der Waals surface area contributed by atoms with Crippen molar-refractivity contribution in [2.24, 2.45) is 0 Å². The molecule has 2 aromatic carbocycles. The molecule has 2 N–H and O–H groups in total. The predicted molar refractivity (Wildman–Crippen MR) is 94.7 cm³/mol. The molecule has 0 aliphatic rings. The largest absolute Gasteiger partial charge is 0.497 e. The van der Waals surface area contributed by atoms with Crippen LogP contribution in [0.25, 0.3) is 0 Å². The minimum Gasteiger partial charge on any atom is -0.497 e. The number of hydrogen-bond acceptors (Lipinski definition) is 3. The first-order chi connectivity index (χ1) is 11.1. The highest BCUT2D eigenvalue weighted by atomic mass is 35.5. The quantitative estimate of drug-likeness (QED) is 0.745. The summed E-state index contributed by atoms with van der Waals surface area (Å²) in [5.41, 5.74) is 1.69. The van der Waals surface area contributed by atoms with Gasteiger partial charge in [-0.15, -0.1) is 0 Å². The van der Waals surface area contributed by atoms with Crippen LogP contribution in [0.3, 0.4) is 0 Å². The zero-order chi connectivity index (χ0) is 16.7. The summed E-state index contributed by atoms with van der Waals surface area (Å²) >= 11 is 11.9. The molecule has 0 fully saturated rings. The number of benzene rings is 2. The number of rotatable bonds is 7. The second-order valence-corrected chi connectivity index (χ2v) is 5.79. The van der Waals surface area contributed by atoms with Crippen molar-refractivity contribution in [2.45, 2.75) is 6.42 Å². The highest BCUT2D eigenvalue weighted by Gasteiger charge is 2.06. The van der Waals surface area contributed by atoms with Gasteiger partial charge in [0.15, 0.2) is 0 Å². The number of methoxy groups -OCH3 is 1. The Bertz CT molecular complexity index is 660. The molecule has 0 atom stereocenters. The Morgan fingerprint density at radius 2 is 1.87 bits per heavy atom. The van der Waals surface area contributed by atoms with Crippen molar-refractivity contribution >= 4 is 34.8 Å². The van der Waals surface area contributed by atoms with Crippen LogP contribution in [0.4, 0.5) is 5.69 Å². The number of nitrogens with one attached hydrogen (secondary N) is 2. The van der Waals surface area contributed by atoms with E-state index >= 15 is 0 Å². The fourth-order valence-corrected chi connectivity index (χ4v) is 2.35. The summed E-state index contributed by atoms with van der Waals surface area (Å²) in [6.07, 6.45) is 0.829. The van der Waals surface area contributed by atoms with Gasteiger partial charge in [0, 0.05) is 5.02 Å². The van der Waals surface area contributed by atoms with E-state index in [-0.39, 0.29) is 12.5 Å². The van der Waals surface area contributed by atoms with Crippen molar-refractivity contribution in [2.75, 3.05) is 25.5 Å². The van der Waals surface area contributed by atoms with Crippen LogP contribution in [0, 0.1) is 0 Å². The number of ether oxygens (including phenoxy) is 1. The summed E-state index contributed by atoms with van der Waals surface area (Å²) in [4.78, 5) is 11.9. The van der Waals surface area contributed by atoms with Crippen LogP contribution in [0.2, 0.25) is 10.0 Å². The monoisotopic (exact) mass is 352 g/mol. The summed E-state index contributed by atoms with van der Waals surface area (Å²) in [5, 5.41) is 6.81. The molecule has 0 heterocycles. The molecule has 0 aromatic heterocycles. The Morgan fingerprint density at radius 3 is 2.57 bits per heavy atom. The molecule has 0 spiro atoms. The summed E-state index contributed by atoms with van der Waals surface area (Å²) in [6, 6.07) is 12.8. The van der Waals surface area contributed by atoms with Gasteiger partial charge in [0.05, 0.1) is 24.4 Å². The maximum atomic E-state index is 11.9. The van der Waals surface area contributed by atoms with Crippen LogP contribution in [-0.4, -0.2) is 26.1 Å². The number of anilines is 1. The van der Waals surface area contributed by atoms with Gasteiger partial charge in [0.1, 0.15) is 5.75 Å². The second kappa shape index (κ2) is 8.77. The SMILES string of the molecule is COc1ccc(CCNCC(=O)Nc2cc(Cl)ccc2Cl)cc1. The lowest BCUT2D eigenvalue weighted by molar-refractivity contribution is -0.115. The second-order valence-electron chi connectivity index (χ2n) is 4.95. The van der Waals surface area contributed by atoms with Crippen molar-refractivity contribution in [1.29, 1.82) is 0 Å². The Hall–Kier alpha value is -1.75. The molecule has 122 valence electrons. The average molecular weight is 353 g/mol. The van der Waals surface area contributed by atoms with Crippen LogP contribution < -0.4 is 15.4 Å². The van der Waals surface area contributed by atoms with Crippen molar-refractivity contribution in [3.05, 3.63) is 58.1 Å². The topological polar surface area (TPSA) is 50.4 Å². The molecule has 0 radical (unpaired) electrons. The molecule has 0 saturated heterocycles. The summed E-state index contributed by atoms with van der Waals surface area (Å²) in [6.45, 7) is 0.905. The number of amides is 1. The highest BCUT2D eigenvalue weighted by Crippen LogP contribution is 2.25. The van der Waals surface area contributed by atoms with Crippen LogP contribution >= 0.6 is 23.2 Å². The van der Waals surface area contributed by atoms with Crippen molar-refractivity contribution < 1.29 is 9.53 Å². The Kier molecular flexibility index (Phi) is 6.71. The van der Waals surface area contributed by atoms with E-state index in [2.05, 4.69) is 10.6 Å². The van der Waals surface area contributed by atoms with E-state index in [1.807, 2.05) is 24.3 Å². The first-order valence-corrected chi connectivity index (χ1v) is 7.92. The van der Waals surface area contributed by atoms with Gasteiger partial charge < -0.3 is 15.4 Å². The zero-order valence-corrected chi connectivity index (χ0v) is 14.2. The van der Waals surface area contributed by atoms with E-state index in [0.717, 1.165) is 12.2 Å². The lowest BCUT2D eigenvalue weighted by atomic mass is 10.1. The van der Waals surface area contributed by atoms with Gasteiger partial charge in [-0.3, -0.25) is 4.79 Å². The van der Waals surface area contributed by atoms with Crippen LogP contribution in [0.1, 0.15) is 5.56 Å². The maximum absolute atomic E-state index is 11.9. The van der Waals surface area contributed by atoms with Crippen molar-refractivity contribution in [3.8, 4) is 5.75 Å². The normalized spacial score (nSPS) is 10.4. The molecule has 1 amide bonds. The number of hydrogen-bond donors (Lipinski definition) is 2. The number of carbonyl (C=O) groups is 1. The maximum Gasteiger partial charge on any atom is 0.238 e. The lowest BCUT2D eigenvalue weighted by Crippen LogP contribution is -2.29. The Morgan fingerprint density at radius 1 is 1.13 bits per heavy atom. The molecule has 0 aliphatic carbocycles. The van der Waals surface area contributed by atoms with Crippen LogP contribution in [-0.2, 0) is 11.2 Å². The van der Waals surface area contributed by atoms with Gasteiger partial charge in [-0.2, -0.15) is 0 Å².